The Morgan fingerprint density at radius 1 is 0.774 bits per heavy atom. The van der Waals surface area contributed by atoms with Crippen molar-refractivity contribution in [3.63, 3.8) is 0 Å². The van der Waals surface area contributed by atoms with Gasteiger partial charge in [-0.25, -0.2) is 0 Å². The van der Waals surface area contributed by atoms with Crippen LogP contribution in [0.4, 0.5) is 0 Å². The third kappa shape index (κ3) is 4.81. The Labute approximate surface area is 182 Å². The van der Waals surface area contributed by atoms with Crippen molar-refractivity contribution in [1.29, 1.82) is 0 Å². The van der Waals surface area contributed by atoms with Crippen LogP contribution >= 0.6 is 0 Å². The number of fused-ring (bicyclic) bond motifs is 2. The van der Waals surface area contributed by atoms with Gasteiger partial charge in [0.15, 0.2) is 0 Å². The van der Waals surface area contributed by atoms with E-state index >= 15 is 0 Å². The molecule has 0 aliphatic heterocycles. The molecule has 0 radical (unpaired) electrons. The van der Waals surface area contributed by atoms with Gasteiger partial charge < -0.3 is 9.47 Å². The molecule has 0 spiro atoms. The number of rotatable bonds is 8. The predicted octanol–water partition coefficient (Wildman–Crippen LogP) is 5.25. The Morgan fingerprint density at radius 3 is 1.90 bits per heavy atom. The van der Waals surface area contributed by atoms with Crippen LogP contribution in [0.15, 0.2) is 72.8 Å². The largest absolute Gasteiger partial charge is 0.496 e. The summed E-state index contributed by atoms with van der Waals surface area (Å²) in [7, 11) is -2.33. The average molecular weight is 437 g/mol. The highest BCUT2D eigenvalue weighted by Crippen LogP contribution is 2.36. The number of benzene rings is 4. The van der Waals surface area contributed by atoms with E-state index in [9.17, 15) is 8.42 Å². The lowest BCUT2D eigenvalue weighted by Crippen LogP contribution is -2.09. The summed E-state index contributed by atoms with van der Waals surface area (Å²) in [6, 6.07) is 24.3. The van der Waals surface area contributed by atoms with Gasteiger partial charge in [-0.15, -0.1) is 0 Å². The summed E-state index contributed by atoms with van der Waals surface area (Å²) in [5.74, 6) is 1.18. The molecule has 31 heavy (non-hydrogen) atoms. The van der Waals surface area contributed by atoms with Gasteiger partial charge in [-0.3, -0.25) is 4.55 Å². The van der Waals surface area contributed by atoms with Crippen molar-refractivity contribution in [2.45, 2.75) is 12.8 Å². The molecule has 160 valence electrons. The maximum atomic E-state index is 11.0. The van der Waals surface area contributed by atoms with Crippen LogP contribution in [0.1, 0.15) is 17.5 Å². The zero-order valence-corrected chi connectivity index (χ0v) is 18.1. The summed E-state index contributed by atoms with van der Waals surface area (Å²) in [6.07, 6.45) is 0.808. The van der Waals surface area contributed by atoms with E-state index in [-0.39, 0.29) is 18.8 Å². The Balaban J connectivity index is 1.77. The fourth-order valence-electron chi connectivity index (χ4n) is 3.92. The van der Waals surface area contributed by atoms with E-state index in [2.05, 4.69) is 24.3 Å². The molecule has 0 unspecified atom stereocenters. The first-order chi connectivity index (χ1) is 15.0. The van der Waals surface area contributed by atoms with Crippen LogP contribution in [0.5, 0.6) is 11.5 Å². The minimum absolute atomic E-state index is 0.192. The fourth-order valence-corrected chi connectivity index (χ4v) is 4.41. The van der Waals surface area contributed by atoms with E-state index in [0.29, 0.717) is 12.2 Å². The highest BCUT2D eigenvalue weighted by molar-refractivity contribution is 7.85. The minimum atomic E-state index is -4.00. The molecule has 4 aromatic carbocycles. The van der Waals surface area contributed by atoms with Crippen molar-refractivity contribution in [3.05, 3.63) is 83.9 Å². The maximum absolute atomic E-state index is 11.0. The second kappa shape index (κ2) is 8.96. The lowest BCUT2D eigenvalue weighted by Gasteiger charge is -2.17. The Bertz CT molecular complexity index is 1330. The lowest BCUT2D eigenvalue weighted by atomic mass is 9.93. The van der Waals surface area contributed by atoms with Crippen LogP contribution in [-0.2, 0) is 16.5 Å². The third-order valence-electron chi connectivity index (χ3n) is 5.37. The summed E-state index contributed by atoms with van der Waals surface area (Å²) < 4.78 is 42.6. The summed E-state index contributed by atoms with van der Waals surface area (Å²) in [6.45, 7) is 0.192. The van der Waals surface area contributed by atoms with Crippen molar-refractivity contribution in [1.82, 2.24) is 0 Å². The molecule has 0 bridgehead atoms. The normalized spacial score (nSPS) is 11.7. The van der Waals surface area contributed by atoms with Gasteiger partial charge in [-0.2, -0.15) is 8.42 Å². The Kier molecular flexibility index (Phi) is 6.11. The van der Waals surface area contributed by atoms with E-state index in [4.69, 9.17) is 14.0 Å². The molecule has 0 amide bonds. The molecule has 1 N–H and O–H groups in total. The minimum Gasteiger partial charge on any atom is -0.496 e. The van der Waals surface area contributed by atoms with Gasteiger partial charge in [0.2, 0.25) is 0 Å². The van der Waals surface area contributed by atoms with Gasteiger partial charge in [0.25, 0.3) is 10.1 Å². The quantitative estimate of drug-likeness (QED) is 0.302. The van der Waals surface area contributed by atoms with Crippen LogP contribution in [-0.4, -0.2) is 32.4 Å². The summed E-state index contributed by atoms with van der Waals surface area (Å²) >= 11 is 0. The molecule has 0 saturated carbocycles. The zero-order chi connectivity index (χ0) is 21.8. The maximum Gasteiger partial charge on any atom is 0.264 e. The molecular weight excluding hydrogens is 412 g/mol. The highest BCUT2D eigenvalue weighted by Gasteiger charge is 2.15. The molecule has 0 aliphatic rings. The first-order valence-corrected chi connectivity index (χ1v) is 11.7. The monoisotopic (exact) mass is 436 g/mol. The van der Waals surface area contributed by atoms with Gasteiger partial charge in [0, 0.05) is 17.5 Å². The number of ether oxygens (including phenoxy) is 2. The molecule has 0 heterocycles. The second-order valence-electron chi connectivity index (χ2n) is 7.40. The molecule has 4 rings (SSSR count). The van der Waals surface area contributed by atoms with E-state index in [0.717, 1.165) is 38.4 Å². The number of hydrogen-bond acceptors (Lipinski definition) is 4. The summed E-state index contributed by atoms with van der Waals surface area (Å²) in [4.78, 5) is 0. The standard InChI is InChI=1S/C25H24O5S/c1-29-24-13-11-18-7-2-4-9-20(18)22(24)17-23-21-10-5-3-8-19(21)12-14-25(23)30-15-6-16-31(26,27)28/h2-5,7-14H,6,15-17H2,1H3,(H,26,27,28). The van der Waals surface area contributed by atoms with Crippen LogP contribution in [0.25, 0.3) is 21.5 Å². The van der Waals surface area contributed by atoms with Crippen molar-refractivity contribution in [2.75, 3.05) is 19.5 Å². The first kappa shape index (κ1) is 21.2. The fraction of sp³-hybridized carbons (Fsp3) is 0.200. The second-order valence-corrected chi connectivity index (χ2v) is 8.97. The molecule has 5 nitrogen and oxygen atoms in total. The van der Waals surface area contributed by atoms with Crippen molar-refractivity contribution >= 4 is 31.7 Å². The smallest absolute Gasteiger partial charge is 0.264 e. The SMILES string of the molecule is COc1ccc2ccccc2c1Cc1c(OCCCS(=O)(=O)O)ccc2ccccc12. The van der Waals surface area contributed by atoms with Crippen LogP contribution in [0, 0.1) is 0 Å². The van der Waals surface area contributed by atoms with Gasteiger partial charge in [-0.05, 0) is 40.1 Å². The van der Waals surface area contributed by atoms with E-state index in [1.54, 1.807) is 7.11 Å². The van der Waals surface area contributed by atoms with Gasteiger partial charge in [0.1, 0.15) is 11.5 Å². The van der Waals surface area contributed by atoms with Gasteiger partial charge in [-0.1, -0.05) is 60.7 Å². The van der Waals surface area contributed by atoms with E-state index < -0.39 is 10.1 Å². The molecule has 0 atom stereocenters. The van der Waals surface area contributed by atoms with Crippen LogP contribution in [0.2, 0.25) is 0 Å². The van der Waals surface area contributed by atoms with Crippen LogP contribution in [0.3, 0.4) is 0 Å². The molecule has 0 aliphatic carbocycles. The van der Waals surface area contributed by atoms with Crippen molar-refractivity contribution in [2.24, 2.45) is 0 Å². The molecule has 4 aromatic rings. The Morgan fingerprint density at radius 2 is 1.32 bits per heavy atom. The van der Waals surface area contributed by atoms with Crippen molar-refractivity contribution in [3.8, 4) is 11.5 Å². The van der Waals surface area contributed by atoms with E-state index in [1.165, 1.54) is 0 Å². The topological polar surface area (TPSA) is 72.8 Å². The molecule has 0 saturated heterocycles. The Hall–Kier alpha value is -3.09. The molecule has 6 heteroatoms. The highest BCUT2D eigenvalue weighted by atomic mass is 32.2. The molecule has 0 aromatic heterocycles. The number of hydrogen-bond donors (Lipinski definition) is 1. The number of methoxy groups -OCH3 is 1. The lowest BCUT2D eigenvalue weighted by molar-refractivity contribution is 0.314. The van der Waals surface area contributed by atoms with Gasteiger partial charge >= 0.3 is 0 Å². The first-order valence-electron chi connectivity index (χ1n) is 10.1. The average Bonchev–Trinajstić information content (AvgIpc) is 2.77. The van der Waals surface area contributed by atoms with E-state index in [1.807, 2.05) is 48.5 Å². The summed E-state index contributed by atoms with van der Waals surface area (Å²) in [5.41, 5.74) is 2.08. The predicted molar refractivity (Wildman–Crippen MR) is 124 cm³/mol. The molecule has 0 fully saturated rings. The summed E-state index contributed by atoms with van der Waals surface area (Å²) in [5, 5.41) is 4.42. The zero-order valence-electron chi connectivity index (χ0n) is 17.2. The third-order valence-corrected chi connectivity index (χ3v) is 6.18. The molecular formula is C25H24O5S. The van der Waals surface area contributed by atoms with Crippen LogP contribution < -0.4 is 9.47 Å². The van der Waals surface area contributed by atoms with Crippen molar-refractivity contribution < 1.29 is 22.4 Å². The van der Waals surface area contributed by atoms with Gasteiger partial charge in [0.05, 0.1) is 19.5 Å².